The van der Waals surface area contributed by atoms with Crippen LogP contribution in [0.4, 0.5) is 17.2 Å². The highest BCUT2D eigenvalue weighted by molar-refractivity contribution is 6.08. The van der Waals surface area contributed by atoms with Crippen LogP contribution in [0.15, 0.2) is 67.0 Å². The van der Waals surface area contributed by atoms with E-state index >= 15 is 0 Å². The molecule has 0 unspecified atom stereocenters. The number of fused-ring (bicyclic) bond motifs is 1. The fourth-order valence-corrected chi connectivity index (χ4v) is 4.60. The summed E-state index contributed by atoms with van der Waals surface area (Å²) in [5, 5.41) is 14.4. The minimum atomic E-state index is -0.208. The third-order valence-corrected chi connectivity index (χ3v) is 6.60. The molecule has 0 bridgehead atoms. The molecule has 0 radical (unpaired) electrons. The highest BCUT2D eigenvalue weighted by Gasteiger charge is 2.22. The van der Waals surface area contributed by atoms with Gasteiger partial charge in [0.1, 0.15) is 5.82 Å². The summed E-state index contributed by atoms with van der Waals surface area (Å²) in [5.74, 6) is 0.290. The van der Waals surface area contributed by atoms with Crippen molar-refractivity contribution < 1.29 is 4.79 Å². The second-order valence-corrected chi connectivity index (χ2v) is 10.4. The number of benzene rings is 2. The van der Waals surface area contributed by atoms with Gasteiger partial charge in [-0.25, -0.2) is 4.98 Å². The number of hydrogen-bond acceptors (Lipinski definition) is 5. The lowest BCUT2D eigenvalue weighted by molar-refractivity contribution is 0.102. The summed E-state index contributed by atoms with van der Waals surface area (Å²) in [6, 6.07) is 15.7. The summed E-state index contributed by atoms with van der Waals surface area (Å²) in [7, 11) is 2.14. The topological polar surface area (TPSA) is 85.9 Å². The second kappa shape index (κ2) is 9.59. The number of carbonyl (C=O) groups is 1. The van der Waals surface area contributed by atoms with E-state index in [9.17, 15) is 4.79 Å². The Kier molecular flexibility index (Phi) is 6.33. The van der Waals surface area contributed by atoms with Crippen molar-refractivity contribution in [2.45, 2.75) is 32.6 Å². The quantitative estimate of drug-likeness (QED) is 0.328. The van der Waals surface area contributed by atoms with Crippen LogP contribution in [0.5, 0.6) is 0 Å². The van der Waals surface area contributed by atoms with Crippen molar-refractivity contribution in [1.82, 2.24) is 20.1 Å². The number of aromatic amines is 1. The van der Waals surface area contributed by atoms with Gasteiger partial charge in [0.2, 0.25) is 0 Å². The first-order valence-corrected chi connectivity index (χ1v) is 12.3. The molecule has 1 aliphatic heterocycles. The summed E-state index contributed by atoms with van der Waals surface area (Å²) in [4.78, 5) is 20.1. The average Bonchev–Trinajstić information content (AvgIpc) is 3.32. The molecule has 5 rings (SSSR count). The van der Waals surface area contributed by atoms with Crippen LogP contribution in [0, 0.1) is 0 Å². The highest BCUT2D eigenvalue weighted by atomic mass is 16.1. The predicted molar refractivity (Wildman–Crippen MR) is 147 cm³/mol. The van der Waals surface area contributed by atoms with E-state index in [1.807, 2.05) is 24.3 Å². The molecule has 0 aliphatic carbocycles. The molecule has 0 spiro atoms. The van der Waals surface area contributed by atoms with Gasteiger partial charge in [-0.15, -0.1) is 0 Å². The molecule has 0 saturated carbocycles. The molecule has 7 heteroatoms. The number of nitrogens with zero attached hydrogens (tertiary/aromatic N) is 3. The molecule has 2 aromatic carbocycles. The van der Waals surface area contributed by atoms with E-state index in [0.717, 1.165) is 41.8 Å². The predicted octanol–water partition coefficient (Wildman–Crippen LogP) is 5.97. The molecular formula is C29H32N6O. The molecule has 0 atom stereocenters. The summed E-state index contributed by atoms with van der Waals surface area (Å²) in [5.41, 5.74) is 6.83. The minimum Gasteiger partial charge on any atom is -0.340 e. The maximum Gasteiger partial charge on any atom is 0.259 e. The first-order chi connectivity index (χ1) is 17.3. The first-order valence-electron chi connectivity index (χ1n) is 12.3. The first kappa shape index (κ1) is 23.8. The number of hydrogen-bond donors (Lipinski definition) is 3. The van der Waals surface area contributed by atoms with Gasteiger partial charge < -0.3 is 15.5 Å². The van der Waals surface area contributed by atoms with Gasteiger partial charge >= 0.3 is 0 Å². The molecule has 0 saturated heterocycles. The Bertz CT molecular complexity index is 1450. The van der Waals surface area contributed by atoms with Crippen molar-refractivity contribution in [2.75, 3.05) is 30.8 Å². The van der Waals surface area contributed by atoms with E-state index in [1.165, 1.54) is 16.7 Å². The van der Waals surface area contributed by atoms with Crippen molar-refractivity contribution in [3.63, 3.8) is 0 Å². The number of likely N-dealkylation sites (N-methyl/N-ethyl adjacent to an activating group) is 1. The fraction of sp³-hybridized carbons (Fsp3) is 0.276. The van der Waals surface area contributed by atoms with Gasteiger partial charge in [-0.1, -0.05) is 32.9 Å². The number of anilines is 3. The molecule has 0 fully saturated rings. The van der Waals surface area contributed by atoms with Gasteiger partial charge in [-0.05, 0) is 78.0 Å². The average molecular weight is 481 g/mol. The molecule has 36 heavy (non-hydrogen) atoms. The number of nitrogens with one attached hydrogen (secondary N) is 3. The molecule has 3 N–H and O–H groups in total. The smallest absolute Gasteiger partial charge is 0.259 e. The van der Waals surface area contributed by atoms with E-state index < -0.39 is 0 Å². The minimum absolute atomic E-state index is 0.00173. The van der Waals surface area contributed by atoms with Crippen LogP contribution in [0.2, 0.25) is 0 Å². The van der Waals surface area contributed by atoms with Crippen LogP contribution in [0.25, 0.3) is 16.5 Å². The van der Waals surface area contributed by atoms with E-state index in [1.54, 1.807) is 24.5 Å². The molecule has 4 aromatic rings. The lowest BCUT2D eigenvalue weighted by Crippen LogP contribution is -2.24. The molecule has 1 amide bonds. The summed E-state index contributed by atoms with van der Waals surface area (Å²) >= 11 is 0. The van der Waals surface area contributed by atoms with Crippen molar-refractivity contribution in [3.8, 4) is 0 Å². The maximum atomic E-state index is 13.4. The molecule has 1 aliphatic rings. The molecule has 7 nitrogen and oxygen atoms in total. The number of aromatic nitrogens is 3. The normalized spacial score (nSPS) is 14.5. The number of carbonyl (C=O) groups excluding carboxylic acids is 1. The van der Waals surface area contributed by atoms with E-state index in [0.29, 0.717) is 11.4 Å². The zero-order chi connectivity index (χ0) is 25.3. The summed E-state index contributed by atoms with van der Waals surface area (Å²) < 4.78 is 0. The Labute approximate surface area is 211 Å². The number of H-pyrrole nitrogens is 1. The lowest BCUT2D eigenvalue weighted by Gasteiger charge is -2.28. The zero-order valence-electron chi connectivity index (χ0n) is 21.2. The van der Waals surface area contributed by atoms with Crippen molar-refractivity contribution >= 4 is 39.6 Å². The number of rotatable bonds is 5. The zero-order valence-corrected chi connectivity index (χ0v) is 21.2. The van der Waals surface area contributed by atoms with Gasteiger partial charge in [-0.2, -0.15) is 5.10 Å². The fourth-order valence-electron chi connectivity index (χ4n) is 4.60. The third-order valence-electron chi connectivity index (χ3n) is 6.60. The Hall–Kier alpha value is -3.97. The maximum absolute atomic E-state index is 13.4. The molecule has 184 valence electrons. The largest absolute Gasteiger partial charge is 0.340 e. The van der Waals surface area contributed by atoms with Crippen molar-refractivity contribution in [3.05, 3.63) is 83.7 Å². The van der Waals surface area contributed by atoms with Crippen molar-refractivity contribution in [2.24, 2.45) is 0 Å². The van der Waals surface area contributed by atoms with Gasteiger partial charge in [0.25, 0.3) is 5.91 Å². The second-order valence-electron chi connectivity index (χ2n) is 10.4. The Balaban J connectivity index is 1.42. The van der Waals surface area contributed by atoms with E-state index in [2.05, 4.69) is 76.7 Å². The van der Waals surface area contributed by atoms with Crippen LogP contribution in [-0.4, -0.2) is 46.1 Å². The third kappa shape index (κ3) is 5.02. The Morgan fingerprint density at radius 1 is 1.08 bits per heavy atom. The van der Waals surface area contributed by atoms with Crippen LogP contribution in [0.1, 0.15) is 48.7 Å². The summed E-state index contributed by atoms with van der Waals surface area (Å²) in [6.07, 6.45) is 6.75. The molecule has 3 heterocycles. The Morgan fingerprint density at radius 3 is 2.69 bits per heavy atom. The SMILES string of the molecule is CN1CC=C(c2cc(NC(=O)c3cccnc3Nc3ccc4cn[nH]c4c3)ccc2C(C)(C)C)CC1. The summed E-state index contributed by atoms with van der Waals surface area (Å²) in [6.45, 7) is 8.65. The van der Waals surface area contributed by atoms with Crippen LogP contribution in [-0.2, 0) is 5.41 Å². The number of pyridine rings is 1. The molecule has 2 aromatic heterocycles. The van der Waals surface area contributed by atoms with Gasteiger partial charge in [-0.3, -0.25) is 9.89 Å². The van der Waals surface area contributed by atoms with Crippen LogP contribution in [0.3, 0.4) is 0 Å². The number of amides is 1. The van der Waals surface area contributed by atoms with Crippen LogP contribution >= 0.6 is 0 Å². The van der Waals surface area contributed by atoms with Crippen LogP contribution < -0.4 is 10.6 Å². The van der Waals surface area contributed by atoms with Gasteiger partial charge in [0, 0.05) is 36.0 Å². The highest BCUT2D eigenvalue weighted by Crippen LogP contribution is 2.35. The molecular weight excluding hydrogens is 448 g/mol. The van der Waals surface area contributed by atoms with E-state index in [-0.39, 0.29) is 11.3 Å². The van der Waals surface area contributed by atoms with Gasteiger partial charge in [0.05, 0.1) is 17.3 Å². The Morgan fingerprint density at radius 2 is 1.92 bits per heavy atom. The van der Waals surface area contributed by atoms with Gasteiger partial charge in [0.15, 0.2) is 0 Å². The monoisotopic (exact) mass is 480 g/mol. The standard InChI is InChI=1S/C29H32N6O/c1-29(2,3)25-10-9-21(16-24(25)19-11-14-35(4)15-12-19)33-28(36)23-6-5-13-30-27(23)32-22-8-7-20-18-31-34-26(20)17-22/h5-11,13,16-18H,12,14-15H2,1-4H3,(H,30,32)(H,31,34)(H,33,36). The van der Waals surface area contributed by atoms with Crippen molar-refractivity contribution in [1.29, 1.82) is 0 Å². The van der Waals surface area contributed by atoms with E-state index in [4.69, 9.17) is 0 Å². The lowest BCUT2D eigenvalue weighted by atomic mass is 9.80.